The minimum atomic E-state index is -1.03. The Labute approximate surface area is 265 Å². The molecule has 1 aliphatic rings. The quantitative estimate of drug-likeness (QED) is 0.136. The highest BCUT2D eigenvalue weighted by molar-refractivity contribution is 7.07. The predicted molar refractivity (Wildman–Crippen MR) is 169 cm³/mol. The minimum absolute atomic E-state index is 0.0450. The first-order valence-electron chi connectivity index (χ1n) is 14.0. The smallest absolute Gasteiger partial charge is 0.338 e. The van der Waals surface area contributed by atoms with E-state index in [2.05, 4.69) is 4.99 Å². The normalized spacial score (nSPS) is 14.5. The number of thiazole rings is 1. The van der Waals surface area contributed by atoms with Gasteiger partial charge in [-0.3, -0.25) is 29.6 Å². The number of hydrogen-bond acceptors (Lipinski definition) is 11. The van der Waals surface area contributed by atoms with Gasteiger partial charge in [-0.2, -0.15) is 0 Å². The SMILES string of the molecule is COc1cccc(/C=c2/sc3n(c2=O)[C@@H](c2cccc([N+](=O)[O-])c2)C(C(=O)OC(C)C)=C(C)N=3)c1OCc1ccc([N+](=O)[O-])cc1. The molecule has 1 atom stereocenters. The van der Waals surface area contributed by atoms with Gasteiger partial charge in [0, 0.05) is 29.8 Å². The molecule has 1 aromatic heterocycles. The number of carbonyl (C=O) groups excluding carboxylic acids is 1. The number of nitro benzene ring substituents is 2. The Bertz CT molecular complexity index is 2060. The van der Waals surface area contributed by atoms with Crippen molar-refractivity contribution in [3.8, 4) is 11.5 Å². The summed E-state index contributed by atoms with van der Waals surface area (Å²) in [4.78, 5) is 53.9. The van der Waals surface area contributed by atoms with E-state index in [4.69, 9.17) is 14.2 Å². The van der Waals surface area contributed by atoms with E-state index in [1.165, 1.54) is 42.0 Å². The van der Waals surface area contributed by atoms with Crippen molar-refractivity contribution >= 4 is 34.8 Å². The maximum atomic E-state index is 14.1. The van der Waals surface area contributed by atoms with Gasteiger partial charge in [-0.25, -0.2) is 9.79 Å². The summed E-state index contributed by atoms with van der Waals surface area (Å²) in [5.41, 5.74) is 1.23. The molecule has 0 saturated heterocycles. The Morgan fingerprint density at radius 2 is 1.74 bits per heavy atom. The van der Waals surface area contributed by atoms with Crippen molar-refractivity contribution in [2.45, 2.75) is 39.5 Å². The molecule has 14 heteroatoms. The molecule has 236 valence electrons. The van der Waals surface area contributed by atoms with Crippen molar-refractivity contribution in [2.24, 2.45) is 4.99 Å². The minimum Gasteiger partial charge on any atom is -0.493 e. The fraction of sp³-hybridized carbons (Fsp3) is 0.219. The molecule has 46 heavy (non-hydrogen) atoms. The number of allylic oxidation sites excluding steroid dienone is 1. The molecule has 0 spiro atoms. The largest absolute Gasteiger partial charge is 0.493 e. The second-order valence-electron chi connectivity index (χ2n) is 10.5. The van der Waals surface area contributed by atoms with Crippen molar-refractivity contribution < 1.29 is 28.9 Å². The molecule has 0 fully saturated rings. The first kappa shape index (κ1) is 31.8. The van der Waals surface area contributed by atoms with Crippen molar-refractivity contribution in [2.75, 3.05) is 7.11 Å². The summed E-state index contributed by atoms with van der Waals surface area (Å²) in [5, 5.41) is 22.6. The number of benzene rings is 3. The zero-order valence-corrected chi connectivity index (χ0v) is 26.0. The van der Waals surface area contributed by atoms with Gasteiger partial charge in [0.1, 0.15) is 6.61 Å². The zero-order chi connectivity index (χ0) is 33.1. The van der Waals surface area contributed by atoms with Crippen molar-refractivity contribution in [1.29, 1.82) is 0 Å². The molecule has 0 aliphatic carbocycles. The summed E-state index contributed by atoms with van der Waals surface area (Å²) in [7, 11) is 1.48. The molecule has 5 rings (SSSR count). The van der Waals surface area contributed by atoms with Crippen molar-refractivity contribution in [3.63, 3.8) is 0 Å². The lowest BCUT2D eigenvalue weighted by Crippen LogP contribution is -2.40. The molecule has 13 nitrogen and oxygen atoms in total. The van der Waals surface area contributed by atoms with Crippen LogP contribution in [0.3, 0.4) is 0 Å². The van der Waals surface area contributed by atoms with Gasteiger partial charge in [-0.15, -0.1) is 0 Å². The van der Waals surface area contributed by atoms with Gasteiger partial charge < -0.3 is 14.2 Å². The van der Waals surface area contributed by atoms with Crippen molar-refractivity contribution in [3.05, 3.63) is 135 Å². The van der Waals surface area contributed by atoms with Crippen LogP contribution in [0.5, 0.6) is 11.5 Å². The highest BCUT2D eigenvalue weighted by atomic mass is 32.1. The van der Waals surface area contributed by atoms with Crippen LogP contribution in [-0.2, 0) is 16.1 Å². The Hall–Kier alpha value is -5.63. The summed E-state index contributed by atoms with van der Waals surface area (Å²) < 4.78 is 18.7. The molecule has 0 unspecified atom stereocenters. The van der Waals surface area contributed by atoms with Crippen LogP contribution < -0.4 is 24.4 Å². The van der Waals surface area contributed by atoms with Crippen LogP contribution in [0.2, 0.25) is 0 Å². The summed E-state index contributed by atoms with van der Waals surface area (Å²) in [5.74, 6) is 0.0473. The molecule has 2 heterocycles. The molecule has 3 aromatic carbocycles. The third-order valence-electron chi connectivity index (χ3n) is 7.03. The fourth-order valence-electron chi connectivity index (χ4n) is 4.96. The number of nitrogens with zero attached hydrogens (tertiary/aromatic N) is 4. The number of carbonyl (C=O) groups is 1. The lowest BCUT2D eigenvalue weighted by molar-refractivity contribution is -0.385. The van der Waals surface area contributed by atoms with Gasteiger partial charge in [0.25, 0.3) is 16.9 Å². The second kappa shape index (κ2) is 13.2. The second-order valence-corrected chi connectivity index (χ2v) is 11.5. The number of esters is 1. The third kappa shape index (κ3) is 6.42. The van der Waals surface area contributed by atoms with Crippen molar-refractivity contribution in [1.82, 2.24) is 4.57 Å². The number of non-ortho nitro benzene ring substituents is 2. The molecular weight excluding hydrogens is 616 g/mol. The molecule has 1 aliphatic heterocycles. The van der Waals surface area contributed by atoms with Gasteiger partial charge in [0.15, 0.2) is 16.3 Å². The molecule has 0 radical (unpaired) electrons. The van der Waals surface area contributed by atoms with Gasteiger partial charge in [-0.1, -0.05) is 35.6 Å². The monoisotopic (exact) mass is 644 g/mol. The van der Waals surface area contributed by atoms with E-state index < -0.39 is 33.5 Å². The maximum Gasteiger partial charge on any atom is 0.338 e. The first-order valence-corrected chi connectivity index (χ1v) is 14.8. The van der Waals surface area contributed by atoms with Crippen LogP contribution in [0.1, 0.15) is 43.5 Å². The topological polar surface area (TPSA) is 165 Å². The van der Waals surface area contributed by atoms with E-state index in [0.29, 0.717) is 38.7 Å². The molecular formula is C32H28N4O9S. The van der Waals surface area contributed by atoms with E-state index >= 15 is 0 Å². The molecule has 0 N–H and O–H groups in total. The third-order valence-corrected chi connectivity index (χ3v) is 8.01. The molecule has 0 saturated carbocycles. The molecule has 0 amide bonds. The Morgan fingerprint density at radius 1 is 1.04 bits per heavy atom. The number of aromatic nitrogens is 1. The highest BCUT2D eigenvalue weighted by Gasteiger charge is 2.34. The van der Waals surface area contributed by atoms with Crippen LogP contribution in [0.25, 0.3) is 6.08 Å². The van der Waals surface area contributed by atoms with Gasteiger partial charge >= 0.3 is 5.97 Å². The van der Waals surface area contributed by atoms with Gasteiger partial charge in [0.2, 0.25) is 0 Å². The lowest BCUT2D eigenvalue weighted by Gasteiger charge is -2.25. The number of nitro groups is 2. The zero-order valence-electron chi connectivity index (χ0n) is 25.2. The standard InChI is InChI=1S/C32H28N4O9S/c1-18(2)45-31(38)27-19(3)33-32-34(28(27)21-7-5-9-24(15-21)36(41)42)30(37)26(46-32)16-22-8-6-10-25(43-4)29(22)44-17-20-11-13-23(14-12-20)35(39)40/h5-16,18,28H,17H2,1-4H3/b26-16+/t28-/m0/s1. The Morgan fingerprint density at radius 3 is 2.39 bits per heavy atom. The Balaban J connectivity index is 1.62. The van der Waals surface area contributed by atoms with E-state index in [-0.39, 0.29) is 28.1 Å². The molecule has 4 aromatic rings. The lowest BCUT2D eigenvalue weighted by atomic mass is 9.95. The van der Waals surface area contributed by atoms with E-state index in [1.54, 1.807) is 63.2 Å². The van der Waals surface area contributed by atoms with E-state index in [1.807, 2.05) is 0 Å². The average Bonchev–Trinajstić information content (AvgIpc) is 3.33. The number of hydrogen-bond donors (Lipinski definition) is 0. The first-order chi connectivity index (χ1) is 22.0. The number of fused-ring (bicyclic) bond motifs is 1. The van der Waals surface area contributed by atoms with E-state index in [9.17, 15) is 29.8 Å². The predicted octanol–water partition coefficient (Wildman–Crippen LogP) is 4.59. The van der Waals surface area contributed by atoms with Crippen LogP contribution in [0, 0.1) is 20.2 Å². The fourth-order valence-corrected chi connectivity index (χ4v) is 5.99. The van der Waals surface area contributed by atoms with Crippen LogP contribution in [0.15, 0.2) is 87.8 Å². The number of para-hydroxylation sites is 1. The number of methoxy groups -OCH3 is 1. The summed E-state index contributed by atoms with van der Waals surface area (Å²) in [6, 6.07) is 15.8. The maximum absolute atomic E-state index is 14.1. The average molecular weight is 645 g/mol. The number of rotatable bonds is 10. The summed E-state index contributed by atoms with van der Waals surface area (Å²) >= 11 is 1.09. The Kier molecular flexibility index (Phi) is 9.09. The van der Waals surface area contributed by atoms with Crippen LogP contribution in [-0.4, -0.2) is 33.6 Å². The van der Waals surface area contributed by atoms with Gasteiger partial charge in [0.05, 0.1) is 44.9 Å². The van der Waals surface area contributed by atoms with E-state index in [0.717, 1.165) is 11.3 Å². The summed E-state index contributed by atoms with van der Waals surface area (Å²) in [6.07, 6.45) is 1.16. The summed E-state index contributed by atoms with van der Waals surface area (Å²) in [6.45, 7) is 5.08. The van der Waals surface area contributed by atoms with Gasteiger partial charge in [-0.05, 0) is 56.2 Å². The highest BCUT2D eigenvalue weighted by Crippen LogP contribution is 2.34. The number of ether oxygens (including phenoxy) is 3. The molecule has 0 bridgehead atoms. The van der Waals surface area contributed by atoms with Crippen LogP contribution >= 0.6 is 11.3 Å². The van der Waals surface area contributed by atoms with Crippen LogP contribution in [0.4, 0.5) is 11.4 Å².